The lowest BCUT2D eigenvalue weighted by Gasteiger charge is -2.33. The van der Waals surface area contributed by atoms with Crippen LogP contribution in [0.5, 0.6) is 5.75 Å². The molecule has 2 rings (SSSR count). The number of hydrogen-bond donors (Lipinski definition) is 1. The molecule has 1 aromatic carbocycles. The van der Waals surface area contributed by atoms with Gasteiger partial charge in [-0.05, 0) is 17.7 Å². The molecule has 1 unspecified atom stereocenters. The van der Waals surface area contributed by atoms with Crippen LogP contribution < -0.4 is 10.5 Å². The molecule has 1 saturated heterocycles. The minimum Gasteiger partial charge on any atom is -0.496 e. The fourth-order valence-corrected chi connectivity index (χ4v) is 2.48. The molecule has 0 aromatic heterocycles. The van der Waals surface area contributed by atoms with Crippen LogP contribution in [-0.2, 0) is 27.4 Å². The van der Waals surface area contributed by atoms with E-state index in [-0.39, 0.29) is 12.0 Å². The summed E-state index contributed by atoms with van der Waals surface area (Å²) in [5, 5.41) is 0. The van der Waals surface area contributed by atoms with Gasteiger partial charge in [-0.3, -0.25) is 9.69 Å². The fourth-order valence-electron chi connectivity index (χ4n) is 2.48. The number of methoxy groups -OCH3 is 2. The van der Waals surface area contributed by atoms with Gasteiger partial charge in [0.2, 0.25) is 0 Å². The molecule has 6 heteroatoms. The highest BCUT2D eigenvalue weighted by atomic mass is 16.5. The first kappa shape index (κ1) is 15.8. The molecule has 0 amide bonds. The third kappa shape index (κ3) is 3.72. The van der Waals surface area contributed by atoms with Gasteiger partial charge < -0.3 is 19.9 Å². The van der Waals surface area contributed by atoms with E-state index in [4.69, 9.17) is 19.9 Å². The number of nitrogens with zero attached hydrogens (tertiary/aromatic N) is 1. The Bertz CT molecular complexity index is 493. The van der Waals surface area contributed by atoms with Crippen LogP contribution in [-0.4, -0.2) is 50.9 Å². The van der Waals surface area contributed by atoms with Gasteiger partial charge in [0, 0.05) is 25.2 Å². The molecule has 1 atom stereocenters. The van der Waals surface area contributed by atoms with Gasteiger partial charge in [-0.1, -0.05) is 6.07 Å². The largest absolute Gasteiger partial charge is 0.496 e. The van der Waals surface area contributed by atoms with E-state index in [1.165, 1.54) is 7.11 Å². The zero-order valence-electron chi connectivity index (χ0n) is 12.5. The van der Waals surface area contributed by atoms with Crippen LogP contribution in [0, 0.1) is 0 Å². The standard InChI is InChI=1S/C15H22N2O4/c1-19-14-4-3-11(8-16)7-12(14)9-17-5-6-21-10-13(17)15(18)20-2/h3-4,7,13H,5-6,8-10,16H2,1-2H3. The molecule has 116 valence electrons. The SMILES string of the molecule is COC(=O)C1COCCN1Cc1cc(CN)ccc1OC. The predicted molar refractivity (Wildman–Crippen MR) is 77.9 cm³/mol. The molecule has 21 heavy (non-hydrogen) atoms. The zero-order chi connectivity index (χ0) is 15.2. The highest BCUT2D eigenvalue weighted by Gasteiger charge is 2.30. The number of esters is 1. The van der Waals surface area contributed by atoms with Crippen molar-refractivity contribution in [2.24, 2.45) is 5.73 Å². The first-order chi connectivity index (χ1) is 10.2. The second-order valence-electron chi connectivity index (χ2n) is 4.93. The molecular formula is C15H22N2O4. The van der Waals surface area contributed by atoms with Gasteiger partial charge in [0.25, 0.3) is 0 Å². The van der Waals surface area contributed by atoms with Crippen LogP contribution in [0.4, 0.5) is 0 Å². The summed E-state index contributed by atoms with van der Waals surface area (Å²) in [6.07, 6.45) is 0. The number of benzene rings is 1. The van der Waals surface area contributed by atoms with Crippen molar-refractivity contribution in [2.45, 2.75) is 19.1 Å². The van der Waals surface area contributed by atoms with Crippen LogP contribution in [0.2, 0.25) is 0 Å². The number of carbonyl (C=O) groups is 1. The number of rotatable bonds is 5. The zero-order valence-corrected chi connectivity index (χ0v) is 12.5. The summed E-state index contributed by atoms with van der Waals surface area (Å²) in [7, 11) is 3.03. The Morgan fingerprint density at radius 3 is 2.95 bits per heavy atom. The van der Waals surface area contributed by atoms with Crippen LogP contribution in [0.3, 0.4) is 0 Å². The summed E-state index contributed by atoms with van der Waals surface area (Å²) in [5.41, 5.74) is 7.74. The molecule has 0 radical (unpaired) electrons. The predicted octanol–water partition coefficient (Wildman–Crippen LogP) is 0.528. The Labute approximate surface area is 124 Å². The van der Waals surface area contributed by atoms with Crippen molar-refractivity contribution in [1.82, 2.24) is 4.90 Å². The number of nitrogens with two attached hydrogens (primary N) is 1. The van der Waals surface area contributed by atoms with Gasteiger partial charge in [-0.25, -0.2) is 0 Å². The van der Waals surface area contributed by atoms with E-state index in [1.54, 1.807) is 7.11 Å². The second-order valence-corrected chi connectivity index (χ2v) is 4.93. The first-order valence-corrected chi connectivity index (χ1v) is 6.95. The van der Waals surface area contributed by atoms with E-state index in [0.29, 0.717) is 32.8 Å². The molecule has 6 nitrogen and oxygen atoms in total. The summed E-state index contributed by atoms with van der Waals surface area (Å²) >= 11 is 0. The molecule has 1 aliphatic heterocycles. The number of carbonyl (C=O) groups excluding carboxylic acids is 1. The van der Waals surface area contributed by atoms with Crippen molar-refractivity contribution in [3.8, 4) is 5.75 Å². The van der Waals surface area contributed by atoms with Crippen LogP contribution in [0.25, 0.3) is 0 Å². The Balaban J connectivity index is 2.20. The van der Waals surface area contributed by atoms with Gasteiger partial charge in [0.05, 0.1) is 27.4 Å². The summed E-state index contributed by atoms with van der Waals surface area (Å²) < 4.78 is 15.6. The number of ether oxygens (including phenoxy) is 3. The van der Waals surface area contributed by atoms with Crippen molar-refractivity contribution in [3.63, 3.8) is 0 Å². The fraction of sp³-hybridized carbons (Fsp3) is 0.533. The first-order valence-electron chi connectivity index (χ1n) is 6.95. The average Bonchev–Trinajstić information content (AvgIpc) is 2.54. The Hall–Kier alpha value is -1.63. The highest BCUT2D eigenvalue weighted by molar-refractivity contribution is 5.76. The third-order valence-electron chi connectivity index (χ3n) is 3.67. The topological polar surface area (TPSA) is 74.0 Å². The second kappa shape index (κ2) is 7.40. The quantitative estimate of drug-likeness (QED) is 0.799. The summed E-state index contributed by atoms with van der Waals surface area (Å²) in [6, 6.07) is 5.49. The molecule has 0 spiro atoms. The van der Waals surface area contributed by atoms with Crippen molar-refractivity contribution in [3.05, 3.63) is 29.3 Å². The van der Waals surface area contributed by atoms with E-state index >= 15 is 0 Å². The number of hydrogen-bond acceptors (Lipinski definition) is 6. The summed E-state index contributed by atoms with van der Waals surface area (Å²) in [4.78, 5) is 13.9. The van der Waals surface area contributed by atoms with Crippen LogP contribution >= 0.6 is 0 Å². The van der Waals surface area contributed by atoms with Gasteiger partial charge in [-0.15, -0.1) is 0 Å². The van der Waals surface area contributed by atoms with Gasteiger partial charge in [0.15, 0.2) is 0 Å². The normalized spacial score (nSPS) is 19.3. The minimum absolute atomic E-state index is 0.274. The molecule has 1 fully saturated rings. The Kier molecular flexibility index (Phi) is 5.55. The lowest BCUT2D eigenvalue weighted by molar-refractivity contribution is -0.153. The van der Waals surface area contributed by atoms with E-state index in [0.717, 1.165) is 16.9 Å². The molecule has 0 bridgehead atoms. The molecular weight excluding hydrogens is 272 g/mol. The van der Waals surface area contributed by atoms with Crippen molar-refractivity contribution in [2.75, 3.05) is 34.0 Å². The van der Waals surface area contributed by atoms with Gasteiger partial charge in [0.1, 0.15) is 11.8 Å². The van der Waals surface area contributed by atoms with Crippen molar-refractivity contribution < 1.29 is 19.0 Å². The van der Waals surface area contributed by atoms with E-state index in [1.807, 2.05) is 23.1 Å². The van der Waals surface area contributed by atoms with Crippen molar-refractivity contribution >= 4 is 5.97 Å². The number of morpholine rings is 1. The highest BCUT2D eigenvalue weighted by Crippen LogP contribution is 2.23. The Morgan fingerprint density at radius 2 is 2.29 bits per heavy atom. The smallest absolute Gasteiger partial charge is 0.325 e. The molecule has 1 aliphatic rings. The van der Waals surface area contributed by atoms with Gasteiger partial charge >= 0.3 is 5.97 Å². The average molecular weight is 294 g/mol. The third-order valence-corrected chi connectivity index (χ3v) is 3.67. The molecule has 0 saturated carbocycles. The molecule has 0 aliphatic carbocycles. The lowest BCUT2D eigenvalue weighted by Crippen LogP contribution is -2.49. The lowest BCUT2D eigenvalue weighted by atomic mass is 10.1. The van der Waals surface area contributed by atoms with Crippen LogP contribution in [0.1, 0.15) is 11.1 Å². The Morgan fingerprint density at radius 1 is 1.48 bits per heavy atom. The maximum absolute atomic E-state index is 11.8. The maximum atomic E-state index is 11.8. The maximum Gasteiger partial charge on any atom is 0.325 e. The monoisotopic (exact) mass is 294 g/mol. The summed E-state index contributed by atoms with van der Waals surface area (Å²) in [5.74, 6) is 0.519. The van der Waals surface area contributed by atoms with Gasteiger partial charge in [-0.2, -0.15) is 0 Å². The molecule has 2 N–H and O–H groups in total. The van der Waals surface area contributed by atoms with E-state index in [9.17, 15) is 4.79 Å². The summed E-state index contributed by atoms with van der Waals surface area (Å²) in [6.45, 7) is 2.70. The van der Waals surface area contributed by atoms with E-state index < -0.39 is 0 Å². The minimum atomic E-state index is -0.380. The van der Waals surface area contributed by atoms with Crippen molar-refractivity contribution in [1.29, 1.82) is 0 Å². The van der Waals surface area contributed by atoms with E-state index in [2.05, 4.69) is 0 Å². The molecule has 1 aromatic rings. The molecule has 1 heterocycles. The van der Waals surface area contributed by atoms with Crippen LogP contribution in [0.15, 0.2) is 18.2 Å².